The van der Waals surface area contributed by atoms with Crippen LogP contribution in [-0.4, -0.2) is 41.9 Å². The first-order valence-corrected chi connectivity index (χ1v) is 9.30. The van der Waals surface area contributed by atoms with Gasteiger partial charge in [-0.3, -0.25) is 14.2 Å². The standard InChI is InChI=1S/C21H18N6O/c28-20(11-10-15-14-22-16-6-1-2-7-17(16)23-15)26-13-5-8-18(26)21-25-24-19-9-3-4-12-27(19)21/h1-4,6-7,9-12,14,18H,5,8,13H2/b11-10+/t18-/m0/s1. The minimum absolute atomic E-state index is 0.0508. The maximum absolute atomic E-state index is 12.9. The third kappa shape index (κ3) is 2.90. The smallest absolute Gasteiger partial charge is 0.247 e. The van der Waals surface area contributed by atoms with E-state index in [4.69, 9.17) is 0 Å². The van der Waals surface area contributed by atoms with Crippen LogP contribution in [0.3, 0.4) is 0 Å². The number of nitrogens with zero attached hydrogens (tertiary/aromatic N) is 6. The molecule has 1 fully saturated rings. The number of fused-ring (bicyclic) bond motifs is 2. The van der Waals surface area contributed by atoms with Crippen molar-refractivity contribution in [3.63, 3.8) is 0 Å². The van der Waals surface area contributed by atoms with Crippen LogP contribution in [0.2, 0.25) is 0 Å². The number of pyridine rings is 1. The van der Waals surface area contributed by atoms with Crippen LogP contribution < -0.4 is 0 Å². The summed E-state index contributed by atoms with van der Waals surface area (Å²) in [6, 6.07) is 13.4. The highest BCUT2D eigenvalue weighted by molar-refractivity contribution is 5.92. The molecule has 0 radical (unpaired) electrons. The number of likely N-dealkylation sites (tertiary alicyclic amines) is 1. The van der Waals surface area contributed by atoms with E-state index in [1.54, 1.807) is 18.3 Å². The summed E-state index contributed by atoms with van der Waals surface area (Å²) in [6.45, 7) is 0.707. The molecule has 4 heterocycles. The highest BCUT2D eigenvalue weighted by Gasteiger charge is 2.32. The minimum Gasteiger partial charge on any atom is -0.329 e. The van der Waals surface area contributed by atoms with Gasteiger partial charge in [0.2, 0.25) is 5.91 Å². The molecule has 0 unspecified atom stereocenters. The quantitative estimate of drug-likeness (QED) is 0.518. The fourth-order valence-electron chi connectivity index (χ4n) is 3.69. The van der Waals surface area contributed by atoms with Crippen LogP contribution in [0, 0.1) is 0 Å². The van der Waals surface area contributed by atoms with Crippen molar-refractivity contribution in [2.45, 2.75) is 18.9 Å². The fourth-order valence-corrected chi connectivity index (χ4v) is 3.69. The summed E-state index contributed by atoms with van der Waals surface area (Å²) in [5.74, 6) is 0.755. The molecule has 7 nitrogen and oxygen atoms in total. The molecular formula is C21H18N6O. The topological polar surface area (TPSA) is 76.3 Å². The predicted octanol–water partition coefficient (Wildman–Crippen LogP) is 3.05. The highest BCUT2D eigenvalue weighted by atomic mass is 16.2. The first-order valence-electron chi connectivity index (χ1n) is 9.30. The van der Waals surface area contributed by atoms with E-state index in [1.165, 1.54) is 0 Å². The summed E-state index contributed by atoms with van der Waals surface area (Å²) in [5, 5.41) is 8.55. The fraction of sp³-hybridized carbons (Fsp3) is 0.190. The number of hydrogen-bond donors (Lipinski definition) is 0. The SMILES string of the molecule is O=C(/C=C/c1cnc2ccccc2n1)N1CCC[C@H]1c1nnc2ccccn12. The molecule has 1 aliphatic heterocycles. The van der Waals surface area contributed by atoms with E-state index in [9.17, 15) is 4.79 Å². The van der Waals surface area contributed by atoms with Gasteiger partial charge in [-0.05, 0) is 43.2 Å². The van der Waals surface area contributed by atoms with Crippen molar-refractivity contribution in [3.05, 3.63) is 72.5 Å². The van der Waals surface area contributed by atoms with E-state index in [1.807, 2.05) is 58.0 Å². The molecule has 0 bridgehead atoms. The van der Waals surface area contributed by atoms with E-state index < -0.39 is 0 Å². The van der Waals surface area contributed by atoms with Gasteiger partial charge in [0.25, 0.3) is 0 Å². The number of hydrogen-bond acceptors (Lipinski definition) is 5. The molecule has 0 saturated carbocycles. The van der Waals surface area contributed by atoms with Crippen LogP contribution >= 0.6 is 0 Å². The molecule has 1 aliphatic rings. The summed E-state index contributed by atoms with van der Waals surface area (Å²) in [5.41, 5.74) is 3.10. The van der Waals surface area contributed by atoms with Gasteiger partial charge >= 0.3 is 0 Å². The number of rotatable bonds is 3. The Kier molecular flexibility index (Phi) is 4.05. The Hall–Kier alpha value is -3.61. The van der Waals surface area contributed by atoms with Crippen molar-refractivity contribution in [3.8, 4) is 0 Å². The molecule has 4 aromatic rings. The Labute approximate surface area is 161 Å². The molecule has 1 aromatic carbocycles. The maximum atomic E-state index is 12.9. The van der Waals surface area contributed by atoms with Gasteiger partial charge in [-0.25, -0.2) is 4.98 Å². The van der Waals surface area contributed by atoms with Crippen LogP contribution in [0.4, 0.5) is 0 Å². The normalized spacial score (nSPS) is 17.1. The van der Waals surface area contributed by atoms with Gasteiger partial charge in [0, 0.05) is 18.8 Å². The second kappa shape index (κ2) is 6.84. The Bertz CT molecular complexity index is 1200. The van der Waals surface area contributed by atoms with Crippen molar-refractivity contribution in [1.82, 2.24) is 29.5 Å². The van der Waals surface area contributed by atoms with Gasteiger partial charge in [0.15, 0.2) is 11.5 Å². The van der Waals surface area contributed by atoms with Crippen molar-refractivity contribution in [2.24, 2.45) is 0 Å². The van der Waals surface area contributed by atoms with Crippen molar-refractivity contribution < 1.29 is 4.79 Å². The molecule has 0 N–H and O–H groups in total. The summed E-state index contributed by atoms with van der Waals surface area (Å²) in [7, 11) is 0. The number of aromatic nitrogens is 5. The van der Waals surface area contributed by atoms with Crippen molar-refractivity contribution >= 4 is 28.7 Å². The van der Waals surface area contributed by atoms with E-state index >= 15 is 0 Å². The zero-order valence-electron chi connectivity index (χ0n) is 15.1. The second-order valence-corrected chi connectivity index (χ2v) is 6.79. The number of carbonyl (C=O) groups is 1. The van der Waals surface area contributed by atoms with E-state index in [-0.39, 0.29) is 11.9 Å². The Morgan fingerprint density at radius 3 is 2.86 bits per heavy atom. The van der Waals surface area contributed by atoms with Gasteiger partial charge in [0.05, 0.1) is 29.0 Å². The first-order chi connectivity index (χ1) is 13.8. The number of amides is 1. The molecule has 5 rings (SSSR count). The van der Waals surface area contributed by atoms with E-state index in [0.29, 0.717) is 12.2 Å². The van der Waals surface area contributed by atoms with Crippen LogP contribution in [0.15, 0.2) is 60.9 Å². The molecule has 7 heteroatoms. The van der Waals surface area contributed by atoms with Gasteiger partial charge < -0.3 is 4.90 Å². The van der Waals surface area contributed by atoms with Crippen molar-refractivity contribution in [1.29, 1.82) is 0 Å². The maximum Gasteiger partial charge on any atom is 0.247 e. The van der Waals surface area contributed by atoms with Crippen molar-refractivity contribution in [2.75, 3.05) is 6.54 Å². The largest absolute Gasteiger partial charge is 0.329 e. The second-order valence-electron chi connectivity index (χ2n) is 6.79. The molecule has 0 spiro atoms. The lowest BCUT2D eigenvalue weighted by Gasteiger charge is -2.22. The predicted molar refractivity (Wildman–Crippen MR) is 105 cm³/mol. The summed E-state index contributed by atoms with van der Waals surface area (Å²) >= 11 is 0. The third-order valence-electron chi connectivity index (χ3n) is 5.04. The van der Waals surface area contributed by atoms with Gasteiger partial charge in [-0.15, -0.1) is 10.2 Å². The Balaban J connectivity index is 1.39. The minimum atomic E-state index is -0.0720. The monoisotopic (exact) mass is 370 g/mol. The molecule has 0 aliphatic carbocycles. The average Bonchev–Trinajstić information content (AvgIpc) is 3.38. The van der Waals surface area contributed by atoms with Crippen LogP contribution in [-0.2, 0) is 4.79 Å². The molecule has 1 atom stereocenters. The van der Waals surface area contributed by atoms with Gasteiger partial charge in [0.1, 0.15) is 0 Å². The summed E-state index contributed by atoms with van der Waals surface area (Å²) in [4.78, 5) is 23.6. The third-order valence-corrected chi connectivity index (χ3v) is 5.04. The van der Waals surface area contributed by atoms with E-state index in [0.717, 1.165) is 35.3 Å². The van der Waals surface area contributed by atoms with Crippen LogP contribution in [0.25, 0.3) is 22.8 Å². The number of para-hydroxylation sites is 2. The molecule has 1 saturated heterocycles. The number of benzene rings is 1. The summed E-state index contributed by atoms with van der Waals surface area (Å²) < 4.78 is 1.95. The zero-order chi connectivity index (χ0) is 18.9. The lowest BCUT2D eigenvalue weighted by molar-refractivity contribution is -0.127. The molecule has 1 amide bonds. The molecule has 28 heavy (non-hydrogen) atoms. The lowest BCUT2D eigenvalue weighted by atomic mass is 10.2. The Morgan fingerprint density at radius 2 is 1.93 bits per heavy atom. The van der Waals surface area contributed by atoms with Crippen LogP contribution in [0.5, 0.6) is 0 Å². The Morgan fingerprint density at radius 1 is 1.07 bits per heavy atom. The van der Waals surface area contributed by atoms with Gasteiger partial charge in [-0.2, -0.15) is 0 Å². The van der Waals surface area contributed by atoms with Gasteiger partial charge in [-0.1, -0.05) is 18.2 Å². The average molecular weight is 370 g/mol. The number of carbonyl (C=O) groups excluding carboxylic acids is 1. The lowest BCUT2D eigenvalue weighted by Crippen LogP contribution is -2.30. The summed E-state index contributed by atoms with van der Waals surface area (Å²) in [6.07, 6.45) is 8.73. The zero-order valence-corrected chi connectivity index (χ0v) is 15.1. The molecule has 3 aromatic heterocycles. The highest BCUT2D eigenvalue weighted by Crippen LogP contribution is 2.31. The van der Waals surface area contributed by atoms with Crippen LogP contribution in [0.1, 0.15) is 30.4 Å². The van der Waals surface area contributed by atoms with E-state index in [2.05, 4.69) is 20.2 Å². The first kappa shape index (κ1) is 16.6. The molecule has 138 valence electrons. The molecular weight excluding hydrogens is 352 g/mol.